The van der Waals surface area contributed by atoms with Crippen LogP contribution in [0.2, 0.25) is 0 Å². The number of aromatic nitrogens is 3. The fraction of sp³-hybridized carbons (Fsp3) is 0.0870. The molecule has 0 spiro atoms. The van der Waals surface area contributed by atoms with Crippen LogP contribution in [0.5, 0.6) is 11.5 Å². The highest BCUT2D eigenvalue weighted by Crippen LogP contribution is 2.38. The summed E-state index contributed by atoms with van der Waals surface area (Å²) in [7, 11) is 1.83. The number of aryl methyl sites for hydroxylation is 1. The normalized spacial score (nSPS) is 12.7. The van der Waals surface area contributed by atoms with Crippen LogP contribution in [0.25, 0.3) is 22.6 Å². The molecular weight excluding hydrogens is 385 g/mol. The number of hydrogen-bond donors (Lipinski definition) is 1. The Kier molecular flexibility index (Phi) is 4.10. The quantitative estimate of drug-likeness (QED) is 0.537. The summed E-state index contributed by atoms with van der Waals surface area (Å²) in [6.07, 6.45) is 3.86. The highest BCUT2D eigenvalue weighted by atomic mass is 19.1. The maximum absolute atomic E-state index is 13.5. The van der Waals surface area contributed by atoms with E-state index >= 15 is 0 Å². The van der Waals surface area contributed by atoms with Crippen LogP contribution in [0.3, 0.4) is 0 Å². The third kappa shape index (κ3) is 2.91. The number of halogens is 1. The first-order valence-electron chi connectivity index (χ1n) is 9.32. The number of pyridine rings is 1. The van der Waals surface area contributed by atoms with Gasteiger partial charge in [0.2, 0.25) is 0 Å². The molecule has 7 heteroatoms. The molecule has 0 aliphatic heterocycles. The smallest absolute Gasteiger partial charge is 0.336 e. The van der Waals surface area contributed by atoms with Crippen molar-refractivity contribution >= 4 is 28.5 Å². The van der Waals surface area contributed by atoms with Crippen LogP contribution < -0.4 is 4.74 Å². The van der Waals surface area contributed by atoms with Crippen LogP contribution >= 0.6 is 0 Å². The summed E-state index contributed by atoms with van der Waals surface area (Å²) < 4.78 is 21.2. The summed E-state index contributed by atoms with van der Waals surface area (Å²) in [4.78, 5) is 15.9. The largest absolute Gasteiger partial charge is 0.478 e. The molecule has 148 valence electrons. The van der Waals surface area contributed by atoms with Crippen LogP contribution in [-0.4, -0.2) is 25.8 Å². The molecule has 2 aromatic heterocycles. The fourth-order valence-electron chi connectivity index (χ4n) is 3.89. The second-order valence-corrected chi connectivity index (χ2v) is 7.06. The van der Waals surface area contributed by atoms with Gasteiger partial charge in [-0.05, 0) is 41.5 Å². The average molecular weight is 401 g/mol. The topological polar surface area (TPSA) is 77.2 Å². The number of carboxylic acid groups (broad SMARTS) is 1. The summed E-state index contributed by atoms with van der Waals surface area (Å²) in [5.74, 6) is -0.446. The van der Waals surface area contributed by atoms with Gasteiger partial charge >= 0.3 is 5.97 Å². The zero-order valence-electron chi connectivity index (χ0n) is 16.0. The molecular formula is C23H16FN3O3. The number of rotatable bonds is 4. The Morgan fingerprint density at radius 2 is 2.03 bits per heavy atom. The summed E-state index contributed by atoms with van der Waals surface area (Å²) in [6.45, 7) is 0. The number of benzene rings is 2. The summed E-state index contributed by atoms with van der Waals surface area (Å²) >= 11 is 0. The van der Waals surface area contributed by atoms with Crippen molar-refractivity contribution in [2.75, 3.05) is 0 Å². The third-order valence-electron chi connectivity index (χ3n) is 5.15. The van der Waals surface area contributed by atoms with Gasteiger partial charge in [-0.15, -0.1) is 0 Å². The van der Waals surface area contributed by atoms with Crippen molar-refractivity contribution in [2.24, 2.45) is 7.05 Å². The zero-order chi connectivity index (χ0) is 20.8. The Bertz CT molecular complexity index is 1360. The minimum atomic E-state index is -0.969. The molecule has 0 saturated carbocycles. The molecule has 0 saturated heterocycles. The first-order valence-corrected chi connectivity index (χ1v) is 9.32. The highest BCUT2D eigenvalue weighted by Gasteiger charge is 2.25. The van der Waals surface area contributed by atoms with Gasteiger partial charge in [-0.3, -0.25) is 9.67 Å². The molecule has 2 aromatic carbocycles. The predicted octanol–water partition coefficient (Wildman–Crippen LogP) is 4.69. The van der Waals surface area contributed by atoms with E-state index in [0.29, 0.717) is 34.7 Å². The van der Waals surface area contributed by atoms with Crippen molar-refractivity contribution in [1.29, 1.82) is 0 Å². The van der Waals surface area contributed by atoms with Gasteiger partial charge in [0.05, 0.1) is 17.0 Å². The molecule has 5 rings (SSSR count). The number of allylic oxidation sites excluding steroid dienone is 1. The molecule has 0 fully saturated rings. The number of aromatic carboxylic acids is 1. The molecule has 2 heterocycles. The van der Waals surface area contributed by atoms with Crippen LogP contribution in [0.15, 0.2) is 54.7 Å². The lowest BCUT2D eigenvalue weighted by Gasteiger charge is -2.07. The minimum Gasteiger partial charge on any atom is -0.478 e. The molecule has 1 N–H and O–H groups in total. The van der Waals surface area contributed by atoms with Crippen molar-refractivity contribution < 1.29 is 19.0 Å². The fourth-order valence-corrected chi connectivity index (χ4v) is 3.89. The van der Waals surface area contributed by atoms with Gasteiger partial charge in [0.15, 0.2) is 5.75 Å². The Morgan fingerprint density at radius 3 is 2.83 bits per heavy atom. The van der Waals surface area contributed by atoms with Crippen LogP contribution in [-0.2, 0) is 13.5 Å². The summed E-state index contributed by atoms with van der Waals surface area (Å²) in [5.41, 5.74) is 4.05. The first-order chi connectivity index (χ1) is 14.5. The van der Waals surface area contributed by atoms with Crippen molar-refractivity contribution in [3.05, 3.63) is 83.1 Å². The lowest BCUT2D eigenvalue weighted by atomic mass is 10.0. The average Bonchev–Trinajstić information content (AvgIpc) is 3.28. The number of nitrogens with zero attached hydrogens (tertiary/aromatic N) is 3. The Labute approximate surface area is 170 Å². The molecule has 0 radical (unpaired) electrons. The van der Waals surface area contributed by atoms with E-state index < -0.39 is 5.97 Å². The predicted molar refractivity (Wildman–Crippen MR) is 110 cm³/mol. The van der Waals surface area contributed by atoms with Crippen molar-refractivity contribution in [2.45, 2.75) is 6.42 Å². The van der Waals surface area contributed by atoms with Gasteiger partial charge in [0, 0.05) is 31.1 Å². The van der Waals surface area contributed by atoms with Gasteiger partial charge in [-0.25, -0.2) is 9.18 Å². The van der Waals surface area contributed by atoms with Crippen molar-refractivity contribution in [3.8, 4) is 11.5 Å². The van der Waals surface area contributed by atoms with Gasteiger partial charge in [0.25, 0.3) is 0 Å². The molecule has 6 nitrogen and oxygen atoms in total. The van der Waals surface area contributed by atoms with E-state index in [0.717, 1.165) is 16.7 Å². The van der Waals surface area contributed by atoms with Crippen LogP contribution in [0.1, 0.15) is 27.3 Å². The van der Waals surface area contributed by atoms with E-state index in [1.54, 1.807) is 22.9 Å². The number of carboxylic acids is 1. The number of carbonyl (C=O) groups is 1. The van der Waals surface area contributed by atoms with Gasteiger partial charge in [-0.1, -0.05) is 18.2 Å². The molecule has 30 heavy (non-hydrogen) atoms. The lowest BCUT2D eigenvalue weighted by molar-refractivity contribution is 0.0695. The SMILES string of the molecule is Cn1nc2c(Oc3cccc(F)c3)cccc2c1C1=Cc2nccc(C(=O)O)c2C1. The minimum absolute atomic E-state index is 0.257. The van der Waals surface area contributed by atoms with Crippen molar-refractivity contribution in [3.63, 3.8) is 0 Å². The molecule has 4 aromatic rings. The van der Waals surface area contributed by atoms with E-state index in [1.165, 1.54) is 24.4 Å². The molecule has 1 aliphatic carbocycles. The van der Waals surface area contributed by atoms with E-state index in [2.05, 4.69) is 10.1 Å². The standard InChI is InChI=1S/C23H16FN3O3/c1-27-22(13-10-18-16(23(28)29)8-9-25-19(18)11-13)17-6-3-7-20(21(17)26-27)30-15-5-2-4-14(24)12-15/h2-9,11-12H,10H2,1H3,(H,28,29). The first kappa shape index (κ1) is 18.1. The van der Waals surface area contributed by atoms with Gasteiger partial charge in [-0.2, -0.15) is 5.10 Å². The van der Waals surface area contributed by atoms with E-state index in [1.807, 2.05) is 25.3 Å². The second kappa shape index (κ2) is 6.81. The van der Waals surface area contributed by atoms with Crippen LogP contribution in [0.4, 0.5) is 4.39 Å². The molecule has 0 bridgehead atoms. The number of ether oxygens (including phenoxy) is 1. The number of fused-ring (bicyclic) bond motifs is 2. The van der Waals surface area contributed by atoms with E-state index in [4.69, 9.17) is 4.74 Å². The zero-order valence-corrected chi connectivity index (χ0v) is 16.0. The molecule has 1 aliphatic rings. The monoisotopic (exact) mass is 401 g/mol. The molecule has 0 atom stereocenters. The van der Waals surface area contributed by atoms with Crippen LogP contribution in [0, 0.1) is 5.82 Å². The second-order valence-electron chi connectivity index (χ2n) is 7.06. The summed E-state index contributed by atoms with van der Waals surface area (Å²) in [5, 5.41) is 15.0. The van der Waals surface area contributed by atoms with Gasteiger partial charge in [0.1, 0.15) is 17.1 Å². The Hall–Kier alpha value is -4.00. The Balaban J connectivity index is 1.58. The molecule has 0 amide bonds. The van der Waals surface area contributed by atoms with Gasteiger partial charge < -0.3 is 9.84 Å². The van der Waals surface area contributed by atoms with E-state index in [9.17, 15) is 14.3 Å². The lowest BCUT2D eigenvalue weighted by Crippen LogP contribution is -2.04. The highest BCUT2D eigenvalue weighted by molar-refractivity contribution is 6.01. The number of hydrogen-bond acceptors (Lipinski definition) is 4. The maximum Gasteiger partial charge on any atom is 0.336 e. The maximum atomic E-state index is 13.5. The summed E-state index contributed by atoms with van der Waals surface area (Å²) in [6, 6.07) is 13.0. The molecule has 0 unspecified atom stereocenters. The Morgan fingerprint density at radius 1 is 1.20 bits per heavy atom. The third-order valence-corrected chi connectivity index (χ3v) is 5.15. The van der Waals surface area contributed by atoms with E-state index in [-0.39, 0.29) is 11.4 Å². The van der Waals surface area contributed by atoms with Crippen molar-refractivity contribution in [1.82, 2.24) is 14.8 Å².